The molecular weight excluding hydrogens is 244 g/mol. The minimum atomic E-state index is 0.305. The molecule has 18 heavy (non-hydrogen) atoms. The lowest BCUT2D eigenvalue weighted by molar-refractivity contribution is 0.850. The minimum Gasteiger partial charge on any atom is -0.236 e. The molecule has 0 radical (unpaired) electrons. The summed E-state index contributed by atoms with van der Waals surface area (Å²) in [6, 6.07) is 8.47. The highest BCUT2D eigenvalue weighted by atomic mass is 35.5. The van der Waals surface area contributed by atoms with Crippen molar-refractivity contribution in [3.63, 3.8) is 0 Å². The van der Waals surface area contributed by atoms with Crippen LogP contribution in [0.3, 0.4) is 0 Å². The van der Waals surface area contributed by atoms with Gasteiger partial charge in [0.1, 0.15) is 11.5 Å². The number of benzene rings is 1. The van der Waals surface area contributed by atoms with Crippen LogP contribution in [-0.2, 0) is 6.42 Å². The van der Waals surface area contributed by atoms with E-state index in [0.29, 0.717) is 11.1 Å². The van der Waals surface area contributed by atoms with Crippen LogP contribution in [-0.4, -0.2) is 9.97 Å². The molecule has 0 bridgehead atoms. The number of aryl methyl sites for hydroxylation is 1. The molecule has 1 aromatic heterocycles. The molecule has 0 spiro atoms. The van der Waals surface area contributed by atoms with Crippen molar-refractivity contribution in [3.8, 4) is 11.3 Å². The molecule has 0 N–H and O–H groups in total. The number of halogens is 1. The minimum absolute atomic E-state index is 0.305. The lowest BCUT2D eigenvalue weighted by atomic mass is 9.98. The van der Waals surface area contributed by atoms with Crippen molar-refractivity contribution >= 4 is 11.6 Å². The maximum atomic E-state index is 6.18. The van der Waals surface area contributed by atoms with E-state index in [4.69, 9.17) is 11.6 Å². The molecule has 0 unspecified atom stereocenters. The Labute approximate surface area is 113 Å². The Kier molecular flexibility index (Phi) is 3.97. The predicted molar refractivity (Wildman–Crippen MR) is 75.9 cm³/mol. The van der Waals surface area contributed by atoms with Crippen molar-refractivity contribution in [1.29, 1.82) is 0 Å². The van der Waals surface area contributed by atoms with Gasteiger partial charge in [0.25, 0.3) is 0 Å². The van der Waals surface area contributed by atoms with Crippen LogP contribution in [0.1, 0.15) is 37.8 Å². The Morgan fingerprint density at radius 3 is 2.33 bits per heavy atom. The van der Waals surface area contributed by atoms with E-state index in [1.54, 1.807) is 0 Å². The van der Waals surface area contributed by atoms with Crippen LogP contribution in [0.15, 0.2) is 30.6 Å². The van der Waals surface area contributed by atoms with Gasteiger partial charge in [-0.1, -0.05) is 56.6 Å². The zero-order valence-corrected chi connectivity index (χ0v) is 11.7. The number of hydrogen-bond donors (Lipinski definition) is 0. The van der Waals surface area contributed by atoms with Crippen molar-refractivity contribution in [2.75, 3.05) is 0 Å². The largest absolute Gasteiger partial charge is 0.236 e. The fraction of sp³-hybridized carbons (Fsp3) is 0.333. The number of rotatable bonds is 3. The molecule has 2 nitrogen and oxygen atoms in total. The van der Waals surface area contributed by atoms with Gasteiger partial charge < -0.3 is 0 Å². The van der Waals surface area contributed by atoms with Crippen molar-refractivity contribution < 1.29 is 0 Å². The summed E-state index contributed by atoms with van der Waals surface area (Å²) in [6.45, 7) is 6.36. The summed E-state index contributed by atoms with van der Waals surface area (Å²) >= 11 is 6.18. The van der Waals surface area contributed by atoms with Crippen LogP contribution >= 0.6 is 11.6 Å². The first-order valence-corrected chi connectivity index (χ1v) is 6.61. The Hall–Kier alpha value is -1.41. The summed E-state index contributed by atoms with van der Waals surface area (Å²) in [5.41, 5.74) is 4.38. The van der Waals surface area contributed by atoms with Crippen molar-refractivity contribution in [2.45, 2.75) is 33.1 Å². The standard InChI is InChI=1S/C15H17ClN2/c1-4-11-5-7-12(8-6-11)14-13(10(2)3)15(16)18-9-17-14/h5-10H,4H2,1-3H3. The molecule has 94 valence electrons. The van der Waals surface area contributed by atoms with E-state index in [2.05, 4.69) is 55.0 Å². The van der Waals surface area contributed by atoms with Crippen LogP contribution in [0, 0.1) is 0 Å². The first-order valence-electron chi connectivity index (χ1n) is 6.23. The fourth-order valence-corrected chi connectivity index (χ4v) is 2.37. The Morgan fingerprint density at radius 2 is 1.78 bits per heavy atom. The van der Waals surface area contributed by atoms with E-state index in [-0.39, 0.29) is 0 Å². The molecule has 1 aromatic carbocycles. The predicted octanol–water partition coefficient (Wildman–Crippen LogP) is 4.48. The van der Waals surface area contributed by atoms with Gasteiger partial charge in [0, 0.05) is 11.1 Å². The van der Waals surface area contributed by atoms with Gasteiger partial charge in [-0.25, -0.2) is 9.97 Å². The monoisotopic (exact) mass is 260 g/mol. The molecular formula is C15H17ClN2. The third kappa shape index (κ3) is 2.54. The van der Waals surface area contributed by atoms with E-state index in [1.165, 1.54) is 11.9 Å². The first-order chi connectivity index (χ1) is 8.63. The van der Waals surface area contributed by atoms with Gasteiger partial charge in [-0.2, -0.15) is 0 Å². The van der Waals surface area contributed by atoms with Gasteiger partial charge >= 0.3 is 0 Å². The molecule has 3 heteroatoms. The second-order valence-electron chi connectivity index (χ2n) is 4.63. The van der Waals surface area contributed by atoms with E-state index in [1.807, 2.05) is 0 Å². The zero-order chi connectivity index (χ0) is 13.1. The number of aromatic nitrogens is 2. The normalized spacial score (nSPS) is 10.9. The highest BCUT2D eigenvalue weighted by Crippen LogP contribution is 2.31. The van der Waals surface area contributed by atoms with E-state index in [0.717, 1.165) is 23.2 Å². The summed E-state index contributed by atoms with van der Waals surface area (Å²) in [5.74, 6) is 0.305. The summed E-state index contributed by atoms with van der Waals surface area (Å²) < 4.78 is 0. The van der Waals surface area contributed by atoms with Gasteiger partial charge in [0.05, 0.1) is 5.69 Å². The number of hydrogen-bond acceptors (Lipinski definition) is 2. The van der Waals surface area contributed by atoms with E-state index < -0.39 is 0 Å². The van der Waals surface area contributed by atoms with Gasteiger partial charge in [-0.15, -0.1) is 0 Å². The second-order valence-corrected chi connectivity index (χ2v) is 4.99. The summed E-state index contributed by atoms with van der Waals surface area (Å²) in [6.07, 6.45) is 2.57. The zero-order valence-electron chi connectivity index (χ0n) is 10.9. The Morgan fingerprint density at radius 1 is 1.11 bits per heavy atom. The van der Waals surface area contributed by atoms with Gasteiger partial charge in [0.2, 0.25) is 0 Å². The lowest BCUT2D eigenvalue weighted by Crippen LogP contribution is -1.99. The van der Waals surface area contributed by atoms with Crippen molar-refractivity contribution in [2.24, 2.45) is 0 Å². The van der Waals surface area contributed by atoms with Crippen LogP contribution in [0.2, 0.25) is 5.15 Å². The highest BCUT2D eigenvalue weighted by molar-refractivity contribution is 6.30. The average molecular weight is 261 g/mol. The Bertz CT molecular complexity index is 533. The molecule has 0 amide bonds. The molecule has 0 atom stereocenters. The van der Waals surface area contributed by atoms with Crippen LogP contribution in [0.5, 0.6) is 0 Å². The summed E-state index contributed by atoms with van der Waals surface area (Å²) in [5, 5.41) is 0.551. The topological polar surface area (TPSA) is 25.8 Å². The summed E-state index contributed by atoms with van der Waals surface area (Å²) in [7, 11) is 0. The Balaban J connectivity index is 2.52. The average Bonchev–Trinajstić information content (AvgIpc) is 2.38. The molecule has 0 fully saturated rings. The molecule has 0 saturated heterocycles. The van der Waals surface area contributed by atoms with Crippen LogP contribution in [0.25, 0.3) is 11.3 Å². The number of nitrogens with zero attached hydrogens (tertiary/aromatic N) is 2. The molecule has 2 aromatic rings. The lowest BCUT2D eigenvalue weighted by Gasteiger charge is -2.13. The van der Waals surface area contributed by atoms with Crippen LogP contribution in [0.4, 0.5) is 0 Å². The summed E-state index contributed by atoms with van der Waals surface area (Å²) in [4.78, 5) is 8.47. The third-order valence-electron chi connectivity index (χ3n) is 3.05. The maximum absolute atomic E-state index is 6.18. The van der Waals surface area contributed by atoms with Crippen LogP contribution < -0.4 is 0 Å². The third-order valence-corrected chi connectivity index (χ3v) is 3.35. The van der Waals surface area contributed by atoms with Crippen molar-refractivity contribution in [3.05, 3.63) is 46.9 Å². The van der Waals surface area contributed by atoms with Gasteiger partial charge in [0.15, 0.2) is 0 Å². The molecule has 0 saturated carbocycles. The smallest absolute Gasteiger partial charge is 0.136 e. The van der Waals surface area contributed by atoms with Gasteiger partial charge in [-0.3, -0.25) is 0 Å². The van der Waals surface area contributed by atoms with E-state index in [9.17, 15) is 0 Å². The second kappa shape index (κ2) is 5.49. The molecule has 2 rings (SSSR count). The van der Waals surface area contributed by atoms with Gasteiger partial charge in [-0.05, 0) is 17.9 Å². The molecule has 0 aliphatic rings. The highest BCUT2D eigenvalue weighted by Gasteiger charge is 2.14. The fourth-order valence-electron chi connectivity index (χ4n) is 2.01. The van der Waals surface area contributed by atoms with E-state index >= 15 is 0 Å². The van der Waals surface area contributed by atoms with Crippen molar-refractivity contribution in [1.82, 2.24) is 9.97 Å². The molecule has 0 aliphatic carbocycles. The first kappa shape index (κ1) is 13.0. The maximum Gasteiger partial charge on any atom is 0.136 e. The molecule has 1 heterocycles. The quantitative estimate of drug-likeness (QED) is 0.761. The molecule has 0 aliphatic heterocycles. The SMILES string of the molecule is CCc1ccc(-c2ncnc(Cl)c2C(C)C)cc1.